The highest BCUT2D eigenvalue weighted by Gasteiger charge is 2.13. The Morgan fingerprint density at radius 2 is 1.63 bits per heavy atom. The summed E-state index contributed by atoms with van der Waals surface area (Å²) in [6.45, 7) is 5.64. The van der Waals surface area contributed by atoms with Gasteiger partial charge in [0.1, 0.15) is 5.82 Å². The number of carbonyl (C=O) groups is 1. The Bertz CT molecular complexity index is 842. The van der Waals surface area contributed by atoms with Gasteiger partial charge in [-0.15, -0.1) is 0 Å². The maximum atomic E-state index is 11.4. The van der Waals surface area contributed by atoms with E-state index < -0.39 is 0 Å². The molecule has 0 saturated carbocycles. The van der Waals surface area contributed by atoms with E-state index in [-0.39, 0.29) is 5.97 Å². The van der Waals surface area contributed by atoms with E-state index in [1.165, 1.54) is 0 Å². The van der Waals surface area contributed by atoms with Crippen LogP contribution in [0, 0.1) is 0 Å². The zero-order valence-corrected chi connectivity index (χ0v) is 15.6. The molecule has 0 radical (unpaired) electrons. The van der Waals surface area contributed by atoms with Crippen LogP contribution in [0.4, 0.5) is 0 Å². The molecule has 0 aliphatic heterocycles. The molecule has 138 valence electrons. The molecule has 1 aromatic heterocycles. The molecule has 2 aromatic carbocycles. The van der Waals surface area contributed by atoms with E-state index >= 15 is 0 Å². The van der Waals surface area contributed by atoms with E-state index in [0.717, 1.165) is 47.6 Å². The van der Waals surface area contributed by atoms with Crippen LogP contribution in [0.2, 0.25) is 0 Å². The lowest BCUT2D eigenvalue weighted by Crippen LogP contribution is -2.06. The molecule has 0 fully saturated rings. The van der Waals surface area contributed by atoms with Gasteiger partial charge in [-0.3, -0.25) is 0 Å². The van der Waals surface area contributed by atoms with Gasteiger partial charge in [-0.1, -0.05) is 67.2 Å². The summed E-state index contributed by atoms with van der Waals surface area (Å²) in [6, 6.07) is 20.4. The predicted molar refractivity (Wildman–Crippen MR) is 108 cm³/mol. The number of hydrogen-bond acceptors (Lipinski definition) is 3. The molecule has 0 atom stereocenters. The molecule has 1 heterocycles. The number of nitrogens with one attached hydrogen (secondary N) is 1. The molecule has 0 amide bonds. The molecule has 0 bridgehead atoms. The Kier molecular flexibility index (Phi) is 6.21. The Labute approximate surface area is 159 Å². The average molecular weight is 360 g/mol. The van der Waals surface area contributed by atoms with Crippen molar-refractivity contribution < 1.29 is 9.53 Å². The smallest absolute Gasteiger partial charge is 0.333 e. The Morgan fingerprint density at radius 1 is 1.00 bits per heavy atom. The third-order valence-corrected chi connectivity index (χ3v) is 4.25. The number of rotatable bonds is 8. The number of H-pyrrole nitrogens is 1. The summed E-state index contributed by atoms with van der Waals surface area (Å²) >= 11 is 0. The van der Waals surface area contributed by atoms with Crippen molar-refractivity contribution in [3.05, 3.63) is 78.6 Å². The summed E-state index contributed by atoms with van der Waals surface area (Å²) in [4.78, 5) is 19.7. The molecule has 0 aliphatic rings. The van der Waals surface area contributed by atoms with E-state index in [4.69, 9.17) is 9.72 Å². The van der Waals surface area contributed by atoms with Crippen molar-refractivity contribution >= 4 is 5.97 Å². The fourth-order valence-electron chi connectivity index (χ4n) is 2.84. The Morgan fingerprint density at radius 3 is 2.26 bits per heavy atom. The second kappa shape index (κ2) is 8.99. The normalized spacial score (nSPS) is 10.6. The number of aromatic nitrogens is 2. The highest BCUT2D eigenvalue weighted by molar-refractivity contribution is 5.86. The molecule has 27 heavy (non-hydrogen) atoms. The van der Waals surface area contributed by atoms with Crippen LogP contribution in [0.25, 0.3) is 22.5 Å². The molecule has 4 nitrogen and oxygen atoms in total. The van der Waals surface area contributed by atoms with Crippen molar-refractivity contribution in [3.63, 3.8) is 0 Å². The topological polar surface area (TPSA) is 55.0 Å². The number of benzene rings is 2. The maximum Gasteiger partial charge on any atom is 0.333 e. The van der Waals surface area contributed by atoms with Crippen molar-refractivity contribution in [2.75, 3.05) is 6.61 Å². The van der Waals surface area contributed by atoms with Gasteiger partial charge in [0.05, 0.1) is 18.0 Å². The van der Waals surface area contributed by atoms with Crippen molar-refractivity contribution in [1.82, 2.24) is 9.97 Å². The third-order valence-electron chi connectivity index (χ3n) is 4.25. The van der Waals surface area contributed by atoms with Gasteiger partial charge in [0, 0.05) is 23.1 Å². The minimum atomic E-state index is -0.328. The minimum Gasteiger partial charge on any atom is -0.462 e. The maximum absolute atomic E-state index is 11.4. The molecule has 3 aromatic rings. The van der Waals surface area contributed by atoms with Crippen molar-refractivity contribution in [2.45, 2.75) is 26.2 Å². The molecule has 4 heteroatoms. The standard InChI is InChI=1S/C23H24N2O2/c1-17(2)23(26)27-16-10-9-15-20-24-21(18-11-5-3-6-12-18)22(25-20)19-13-7-4-8-14-19/h3-8,11-14H,1,9-10,15-16H2,2H3,(H,24,25). The van der Waals surface area contributed by atoms with Crippen molar-refractivity contribution in [2.24, 2.45) is 0 Å². The van der Waals surface area contributed by atoms with Gasteiger partial charge in [0.2, 0.25) is 0 Å². The van der Waals surface area contributed by atoms with Crippen LogP contribution in [0.15, 0.2) is 72.8 Å². The number of imidazole rings is 1. The molecular formula is C23H24N2O2. The second-order valence-electron chi connectivity index (χ2n) is 6.51. The number of ether oxygens (including phenoxy) is 1. The quantitative estimate of drug-likeness (QED) is 0.342. The summed E-state index contributed by atoms with van der Waals surface area (Å²) in [5.74, 6) is 0.615. The van der Waals surface area contributed by atoms with Gasteiger partial charge < -0.3 is 9.72 Å². The van der Waals surface area contributed by atoms with Gasteiger partial charge in [-0.2, -0.15) is 0 Å². The van der Waals surface area contributed by atoms with E-state index in [0.29, 0.717) is 12.2 Å². The van der Waals surface area contributed by atoms with Crippen LogP contribution in [0.3, 0.4) is 0 Å². The average Bonchev–Trinajstić information content (AvgIpc) is 3.13. The van der Waals surface area contributed by atoms with Crippen LogP contribution in [0.5, 0.6) is 0 Å². The lowest BCUT2D eigenvalue weighted by molar-refractivity contribution is -0.139. The molecule has 0 saturated heterocycles. The number of nitrogens with zero attached hydrogens (tertiary/aromatic N) is 1. The van der Waals surface area contributed by atoms with Gasteiger partial charge in [0.15, 0.2) is 0 Å². The molecule has 0 unspecified atom stereocenters. The first kappa shape index (κ1) is 18.6. The van der Waals surface area contributed by atoms with E-state index in [2.05, 4.69) is 35.8 Å². The summed E-state index contributed by atoms with van der Waals surface area (Å²) in [5, 5.41) is 0. The number of aryl methyl sites for hydroxylation is 1. The fraction of sp³-hybridized carbons (Fsp3) is 0.217. The summed E-state index contributed by atoms with van der Waals surface area (Å²) in [6.07, 6.45) is 2.48. The van der Waals surface area contributed by atoms with E-state index in [9.17, 15) is 4.79 Å². The van der Waals surface area contributed by atoms with Gasteiger partial charge in [0.25, 0.3) is 0 Å². The molecule has 1 N–H and O–H groups in total. The van der Waals surface area contributed by atoms with Crippen LogP contribution in [-0.2, 0) is 16.0 Å². The second-order valence-corrected chi connectivity index (χ2v) is 6.51. The molecule has 0 spiro atoms. The van der Waals surface area contributed by atoms with Crippen molar-refractivity contribution in [3.8, 4) is 22.5 Å². The lowest BCUT2D eigenvalue weighted by atomic mass is 10.1. The number of aromatic amines is 1. The third kappa shape index (κ3) is 4.94. The molecule has 3 rings (SSSR count). The van der Waals surface area contributed by atoms with Gasteiger partial charge in [-0.05, 0) is 19.8 Å². The largest absolute Gasteiger partial charge is 0.462 e. The van der Waals surface area contributed by atoms with Crippen LogP contribution in [-0.4, -0.2) is 22.5 Å². The first-order valence-electron chi connectivity index (χ1n) is 9.17. The van der Waals surface area contributed by atoms with E-state index in [1.807, 2.05) is 36.4 Å². The number of esters is 1. The predicted octanol–water partition coefficient (Wildman–Crippen LogP) is 5.19. The Balaban J connectivity index is 1.71. The summed E-state index contributed by atoms with van der Waals surface area (Å²) < 4.78 is 5.14. The molecule has 0 aliphatic carbocycles. The SMILES string of the molecule is C=C(C)C(=O)OCCCCc1nc(-c2ccccc2)c(-c2ccccc2)[nH]1. The highest BCUT2D eigenvalue weighted by Crippen LogP contribution is 2.30. The van der Waals surface area contributed by atoms with Crippen molar-refractivity contribution in [1.29, 1.82) is 0 Å². The summed E-state index contributed by atoms with van der Waals surface area (Å²) in [7, 11) is 0. The van der Waals surface area contributed by atoms with Crippen LogP contribution < -0.4 is 0 Å². The van der Waals surface area contributed by atoms with Crippen LogP contribution in [0.1, 0.15) is 25.6 Å². The zero-order valence-electron chi connectivity index (χ0n) is 15.6. The first-order chi connectivity index (χ1) is 13.1. The zero-order chi connectivity index (χ0) is 19.1. The lowest BCUT2D eigenvalue weighted by Gasteiger charge is -2.03. The van der Waals surface area contributed by atoms with Gasteiger partial charge >= 0.3 is 5.97 Å². The summed E-state index contributed by atoms with van der Waals surface area (Å²) in [5.41, 5.74) is 4.64. The Hall–Kier alpha value is -3.14. The fourth-order valence-corrected chi connectivity index (χ4v) is 2.84. The van der Waals surface area contributed by atoms with E-state index in [1.54, 1.807) is 6.92 Å². The minimum absolute atomic E-state index is 0.328. The monoisotopic (exact) mass is 360 g/mol. The van der Waals surface area contributed by atoms with Gasteiger partial charge in [-0.25, -0.2) is 9.78 Å². The molecular weight excluding hydrogens is 336 g/mol. The number of unbranched alkanes of at least 4 members (excludes halogenated alkanes) is 1. The van der Waals surface area contributed by atoms with Crippen LogP contribution >= 0.6 is 0 Å². The number of carbonyl (C=O) groups excluding carboxylic acids is 1. The first-order valence-corrected chi connectivity index (χ1v) is 9.17. The number of hydrogen-bond donors (Lipinski definition) is 1. The highest BCUT2D eigenvalue weighted by atomic mass is 16.5.